The highest BCUT2D eigenvalue weighted by atomic mass is 35.5. The standard InChI is InChI=1S/C24H35ClN4O2S2/c1-2-14-29(20-9-12-22-23(16-20)32-24(26)27-22)15-13-17-3-7-19(8-4-17)28-33(30,31)21-10-5-18(25)6-11-21/h5-6,10-11,17,19-20,28H,2-4,7-9,12-16H2,1H3,(H2,26,27)/t17?,19?,20-/m0/s1. The van der Waals surface area contributed by atoms with Gasteiger partial charge in [0.2, 0.25) is 10.0 Å². The summed E-state index contributed by atoms with van der Waals surface area (Å²) < 4.78 is 28.2. The average Bonchev–Trinajstić information content (AvgIpc) is 3.17. The van der Waals surface area contributed by atoms with E-state index >= 15 is 0 Å². The SMILES string of the molecule is CCCN(CCC1CCC(NS(=O)(=O)c2ccc(Cl)cc2)CC1)[C@H]1CCc2nc(N)sc2C1. The first-order valence-corrected chi connectivity index (χ1v) is 14.8. The Labute approximate surface area is 207 Å². The number of aryl methyl sites for hydroxylation is 1. The molecule has 1 aromatic heterocycles. The molecule has 0 saturated heterocycles. The average molecular weight is 511 g/mol. The molecule has 0 amide bonds. The van der Waals surface area contributed by atoms with Crippen molar-refractivity contribution < 1.29 is 8.42 Å². The van der Waals surface area contributed by atoms with Crippen molar-refractivity contribution in [3.05, 3.63) is 39.9 Å². The number of nitrogens with zero attached hydrogens (tertiary/aromatic N) is 2. The summed E-state index contributed by atoms with van der Waals surface area (Å²) in [6.07, 6.45) is 9.57. The molecule has 2 aliphatic carbocycles. The fourth-order valence-electron chi connectivity index (χ4n) is 5.27. The molecule has 4 rings (SSSR count). The van der Waals surface area contributed by atoms with Gasteiger partial charge in [-0.05, 0) is 101 Å². The van der Waals surface area contributed by atoms with E-state index in [0.29, 0.717) is 22.1 Å². The zero-order chi connectivity index (χ0) is 23.4. The van der Waals surface area contributed by atoms with Crippen LogP contribution in [0.5, 0.6) is 0 Å². The molecule has 6 nitrogen and oxygen atoms in total. The Kier molecular flexibility index (Phi) is 8.33. The molecule has 3 N–H and O–H groups in total. The number of hydrogen-bond donors (Lipinski definition) is 2. The van der Waals surface area contributed by atoms with Crippen LogP contribution in [0.3, 0.4) is 0 Å². The van der Waals surface area contributed by atoms with Crippen molar-refractivity contribution >= 4 is 38.1 Å². The van der Waals surface area contributed by atoms with Crippen molar-refractivity contribution in [3.63, 3.8) is 0 Å². The maximum Gasteiger partial charge on any atom is 0.240 e. The van der Waals surface area contributed by atoms with Crippen LogP contribution in [0.15, 0.2) is 29.2 Å². The lowest BCUT2D eigenvalue weighted by molar-refractivity contribution is 0.158. The van der Waals surface area contributed by atoms with Crippen molar-refractivity contribution in [3.8, 4) is 0 Å². The highest BCUT2D eigenvalue weighted by Crippen LogP contribution is 2.32. The van der Waals surface area contributed by atoms with Crippen LogP contribution in [-0.2, 0) is 22.9 Å². The first-order chi connectivity index (χ1) is 15.8. The zero-order valence-electron chi connectivity index (χ0n) is 19.3. The molecule has 0 radical (unpaired) electrons. The van der Waals surface area contributed by atoms with Crippen LogP contribution in [-0.4, -0.2) is 43.5 Å². The van der Waals surface area contributed by atoms with E-state index in [4.69, 9.17) is 17.3 Å². The van der Waals surface area contributed by atoms with Gasteiger partial charge in [-0.25, -0.2) is 18.1 Å². The van der Waals surface area contributed by atoms with Gasteiger partial charge < -0.3 is 10.6 Å². The minimum absolute atomic E-state index is 0.0159. The summed E-state index contributed by atoms with van der Waals surface area (Å²) in [6.45, 7) is 4.50. The lowest BCUT2D eigenvalue weighted by Gasteiger charge is -2.36. The quantitative estimate of drug-likeness (QED) is 0.502. The maximum atomic E-state index is 12.7. The maximum absolute atomic E-state index is 12.7. The number of anilines is 1. The van der Waals surface area contributed by atoms with Crippen LogP contribution in [0.25, 0.3) is 0 Å². The Morgan fingerprint density at radius 1 is 1.15 bits per heavy atom. The largest absolute Gasteiger partial charge is 0.375 e. The lowest BCUT2D eigenvalue weighted by atomic mass is 9.84. The number of hydrogen-bond acceptors (Lipinski definition) is 6. The number of sulfonamides is 1. The molecule has 2 aliphatic rings. The smallest absolute Gasteiger partial charge is 0.240 e. The summed E-state index contributed by atoms with van der Waals surface area (Å²) in [5.41, 5.74) is 7.14. The molecule has 1 saturated carbocycles. The van der Waals surface area contributed by atoms with Gasteiger partial charge in [0.15, 0.2) is 5.13 Å². The Morgan fingerprint density at radius 2 is 1.88 bits per heavy atom. The van der Waals surface area contributed by atoms with Crippen molar-refractivity contribution in [2.24, 2.45) is 5.92 Å². The molecule has 1 aromatic carbocycles. The van der Waals surface area contributed by atoms with Crippen LogP contribution in [0.4, 0.5) is 5.13 Å². The molecule has 1 fully saturated rings. The van der Waals surface area contributed by atoms with Gasteiger partial charge in [-0.1, -0.05) is 18.5 Å². The van der Waals surface area contributed by atoms with Gasteiger partial charge in [-0.15, -0.1) is 11.3 Å². The molecule has 1 atom stereocenters. The molecule has 0 aliphatic heterocycles. The molecule has 1 heterocycles. The van der Waals surface area contributed by atoms with E-state index in [1.54, 1.807) is 35.6 Å². The molecular formula is C24H35ClN4O2S2. The molecule has 0 spiro atoms. The predicted octanol–water partition coefficient (Wildman–Crippen LogP) is 4.88. The Balaban J connectivity index is 1.25. The first kappa shape index (κ1) is 24.9. The topological polar surface area (TPSA) is 88.3 Å². The predicted molar refractivity (Wildman–Crippen MR) is 136 cm³/mol. The number of halogens is 1. The number of aromatic nitrogens is 1. The van der Waals surface area contributed by atoms with E-state index in [-0.39, 0.29) is 10.9 Å². The van der Waals surface area contributed by atoms with Crippen LogP contribution in [0.1, 0.15) is 62.4 Å². The van der Waals surface area contributed by atoms with Gasteiger partial charge in [-0.2, -0.15) is 0 Å². The second-order valence-electron chi connectivity index (χ2n) is 9.44. The number of fused-ring (bicyclic) bond motifs is 1. The van der Waals surface area contributed by atoms with Crippen molar-refractivity contribution in [1.29, 1.82) is 0 Å². The molecule has 2 aromatic rings. The summed E-state index contributed by atoms with van der Waals surface area (Å²) in [6, 6.07) is 6.96. The van der Waals surface area contributed by atoms with E-state index in [9.17, 15) is 8.42 Å². The van der Waals surface area contributed by atoms with Crippen LogP contribution >= 0.6 is 22.9 Å². The molecule has 0 unspecified atom stereocenters. The van der Waals surface area contributed by atoms with Crippen LogP contribution < -0.4 is 10.5 Å². The first-order valence-electron chi connectivity index (χ1n) is 12.1. The Bertz CT molecular complexity index is 1020. The number of nitrogen functional groups attached to an aromatic ring is 1. The fourth-order valence-corrected chi connectivity index (χ4v) is 7.65. The molecule has 182 valence electrons. The highest BCUT2D eigenvalue weighted by Gasteiger charge is 2.29. The minimum atomic E-state index is -3.49. The number of nitrogens with two attached hydrogens (primary N) is 1. The zero-order valence-corrected chi connectivity index (χ0v) is 21.7. The van der Waals surface area contributed by atoms with Crippen molar-refractivity contribution in [2.75, 3.05) is 18.8 Å². The van der Waals surface area contributed by atoms with E-state index in [1.807, 2.05) is 0 Å². The van der Waals surface area contributed by atoms with Crippen molar-refractivity contribution in [1.82, 2.24) is 14.6 Å². The third-order valence-electron chi connectivity index (χ3n) is 7.07. The summed E-state index contributed by atoms with van der Waals surface area (Å²) >= 11 is 7.54. The van der Waals surface area contributed by atoms with Crippen LogP contribution in [0.2, 0.25) is 5.02 Å². The highest BCUT2D eigenvalue weighted by molar-refractivity contribution is 7.89. The van der Waals surface area contributed by atoms with E-state index in [1.165, 1.54) is 17.0 Å². The molecule has 33 heavy (non-hydrogen) atoms. The number of benzene rings is 1. The van der Waals surface area contributed by atoms with Gasteiger partial charge in [0.25, 0.3) is 0 Å². The summed E-state index contributed by atoms with van der Waals surface area (Å²) in [5, 5.41) is 1.24. The Hall–Kier alpha value is -1.19. The van der Waals surface area contributed by atoms with Gasteiger partial charge in [0, 0.05) is 22.0 Å². The third-order valence-corrected chi connectivity index (χ3v) is 9.81. The van der Waals surface area contributed by atoms with Gasteiger partial charge in [0.05, 0.1) is 10.6 Å². The molecule has 9 heteroatoms. The lowest BCUT2D eigenvalue weighted by Crippen LogP contribution is -2.41. The summed E-state index contributed by atoms with van der Waals surface area (Å²) in [5.74, 6) is 0.666. The molecule has 0 bridgehead atoms. The monoisotopic (exact) mass is 510 g/mol. The number of nitrogens with one attached hydrogen (secondary N) is 1. The van der Waals surface area contributed by atoms with Crippen molar-refractivity contribution in [2.45, 2.75) is 81.7 Å². The van der Waals surface area contributed by atoms with Gasteiger partial charge in [0.1, 0.15) is 0 Å². The summed E-state index contributed by atoms with van der Waals surface area (Å²) in [4.78, 5) is 8.82. The normalized spacial score (nSPS) is 23.5. The van der Waals surface area contributed by atoms with E-state index in [0.717, 1.165) is 64.5 Å². The van der Waals surface area contributed by atoms with Gasteiger partial charge >= 0.3 is 0 Å². The number of thiazole rings is 1. The number of rotatable bonds is 9. The van der Waals surface area contributed by atoms with Gasteiger partial charge in [-0.3, -0.25) is 0 Å². The fraction of sp³-hybridized carbons (Fsp3) is 0.625. The molecular weight excluding hydrogens is 476 g/mol. The third kappa shape index (κ3) is 6.48. The van der Waals surface area contributed by atoms with E-state index in [2.05, 4.69) is 21.5 Å². The minimum Gasteiger partial charge on any atom is -0.375 e. The second kappa shape index (κ2) is 11.0. The van der Waals surface area contributed by atoms with E-state index < -0.39 is 10.0 Å². The second-order valence-corrected chi connectivity index (χ2v) is 12.7. The summed E-state index contributed by atoms with van der Waals surface area (Å²) in [7, 11) is -3.49. The van der Waals surface area contributed by atoms with Crippen LogP contribution in [0, 0.1) is 5.92 Å². The Morgan fingerprint density at radius 3 is 2.58 bits per heavy atom.